The summed E-state index contributed by atoms with van der Waals surface area (Å²) < 4.78 is 13.8. The molecule has 0 spiro atoms. The van der Waals surface area contributed by atoms with Crippen LogP contribution in [0.1, 0.15) is 19.3 Å². The van der Waals surface area contributed by atoms with E-state index in [2.05, 4.69) is 0 Å². The smallest absolute Gasteiger partial charge is 0.227 e. The summed E-state index contributed by atoms with van der Waals surface area (Å²) in [5.41, 5.74) is 11.3. The van der Waals surface area contributed by atoms with E-state index in [1.165, 1.54) is 17.0 Å². The summed E-state index contributed by atoms with van der Waals surface area (Å²) >= 11 is 0. The Kier molecular flexibility index (Phi) is 2.68. The lowest BCUT2D eigenvalue weighted by atomic mass is 10.1. The van der Waals surface area contributed by atoms with Gasteiger partial charge in [-0.25, -0.2) is 4.39 Å². The normalized spacial score (nSPS) is 16.6. The first kappa shape index (κ1) is 10.7. The zero-order chi connectivity index (χ0) is 11.7. The summed E-state index contributed by atoms with van der Waals surface area (Å²) in [7, 11) is 0. The number of carbonyl (C=O) groups is 1. The summed E-state index contributed by atoms with van der Waals surface area (Å²) in [6, 6.07) is 3.03. The summed E-state index contributed by atoms with van der Waals surface area (Å²) in [4.78, 5) is 13.1. The van der Waals surface area contributed by atoms with E-state index in [9.17, 15) is 9.18 Å². The molecule has 4 N–H and O–H groups in total. The van der Waals surface area contributed by atoms with Gasteiger partial charge >= 0.3 is 0 Å². The van der Waals surface area contributed by atoms with Crippen molar-refractivity contribution in [2.24, 2.45) is 0 Å². The Labute approximate surface area is 93.0 Å². The van der Waals surface area contributed by atoms with Crippen molar-refractivity contribution < 1.29 is 9.18 Å². The van der Waals surface area contributed by atoms with Crippen LogP contribution < -0.4 is 16.4 Å². The maximum absolute atomic E-state index is 13.8. The molecule has 1 aliphatic rings. The molecule has 1 saturated heterocycles. The average molecular weight is 223 g/mol. The molecule has 0 unspecified atom stereocenters. The van der Waals surface area contributed by atoms with Crippen LogP contribution in [0.5, 0.6) is 0 Å². The molecule has 0 atom stereocenters. The van der Waals surface area contributed by atoms with E-state index in [1.54, 1.807) is 0 Å². The van der Waals surface area contributed by atoms with E-state index < -0.39 is 5.82 Å². The minimum atomic E-state index is -0.602. The predicted molar refractivity (Wildman–Crippen MR) is 61.4 cm³/mol. The van der Waals surface area contributed by atoms with Gasteiger partial charge < -0.3 is 16.4 Å². The Morgan fingerprint density at radius 3 is 2.69 bits per heavy atom. The van der Waals surface area contributed by atoms with Crippen LogP contribution >= 0.6 is 0 Å². The molecular weight excluding hydrogens is 209 g/mol. The molecule has 1 aromatic rings. The first-order valence-electron chi connectivity index (χ1n) is 5.25. The number of nitrogens with two attached hydrogens (primary N) is 2. The molecule has 1 heterocycles. The fraction of sp³-hybridized carbons (Fsp3) is 0.364. The topological polar surface area (TPSA) is 72.3 Å². The molecule has 16 heavy (non-hydrogen) atoms. The number of anilines is 3. The monoisotopic (exact) mass is 223 g/mol. The molecule has 0 aromatic heterocycles. The molecule has 5 heteroatoms. The van der Waals surface area contributed by atoms with Gasteiger partial charge in [0.15, 0.2) is 5.82 Å². The van der Waals surface area contributed by atoms with Gasteiger partial charge in [-0.2, -0.15) is 0 Å². The maximum atomic E-state index is 13.8. The van der Waals surface area contributed by atoms with Crippen molar-refractivity contribution in [2.45, 2.75) is 19.3 Å². The quantitative estimate of drug-likeness (QED) is 0.709. The second-order valence-electron chi connectivity index (χ2n) is 3.90. The fourth-order valence-electron chi connectivity index (χ4n) is 1.87. The number of piperidine rings is 1. The molecular formula is C11H14FN3O. The predicted octanol–water partition coefficient (Wildman–Crippen LogP) is 1.51. The van der Waals surface area contributed by atoms with Crippen molar-refractivity contribution in [2.75, 3.05) is 22.9 Å². The number of nitrogen functional groups attached to an aromatic ring is 2. The number of carbonyl (C=O) groups excluding carboxylic acids is 1. The summed E-state index contributed by atoms with van der Waals surface area (Å²) in [6.45, 7) is 0.541. The Hall–Kier alpha value is -1.78. The Balaban J connectivity index is 2.40. The van der Waals surface area contributed by atoms with Crippen molar-refractivity contribution >= 4 is 23.0 Å². The van der Waals surface area contributed by atoms with Crippen LogP contribution in [0.15, 0.2) is 12.1 Å². The molecule has 0 saturated carbocycles. The van der Waals surface area contributed by atoms with Crippen LogP contribution in [0.4, 0.5) is 21.5 Å². The fourth-order valence-corrected chi connectivity index (χ4v) is 1.87. The summed E-state index contributed by atoms with van der Waals surface area (Å²) in [5.74, 6) is -0.662. The number of hydrogen-bond acceptors (Lipinski definition) is 3. The SMILES string of the molecule is Nc1ccc(N2CCCCC2=O)c(F)c1N. The van der Waals surface area contributed by atoms with Crippen molar-refractivity contribution in [1.29, 1.82) is 0 Å². The van der Waals surface area contributed by atoms with Gasteiger partial charge in [0.25, 0.3) is 0 Å². The number of nitrogens with zero attached hydrogens (tertiary/aromatic N) is 1. The second kappa shape index (κ2) is 4.00. The lowest BCUT2D eigenvalue weighted by Crippen LogP contribution is -2.35. The van der Waals surface area contributed by atoms with Crippen LogP contribution in [0.25, 0.3) is 0 Å². The van der Waals surface area contributed by atoms with Crippen molar-refractivity contribution in [3.05, 3.63) is 17.9 Å². The number of amides is 1. The molecule has 86 valence electrons. The maximum Gasteiger partial charge on any atom is 0.227 e. The molecule has 1 amide bonds. The summed E-state index contributed by atoms with van der Waals surface area (Å²) in [6.07, 6.45) is 2.21. The third kappa shape index (κ3) is 1.68. The number of halogens is 1. The number of benzene rings is 1. The highest BCUT2D eigenvalue weighted by molar-refractivity contribution is 5.95. The minimum absolute atomic E-state index is 0.0608. The van der Waals surface area contributed by atoms with Gasteiger partial charge in [0.05, 0.1) is 17.1 Å². The van der Waals surface area contributed by atoms with Gasteiger partial charge in [0, 0.05) is 13.0 Å². The van der Waals surface area contributed by atoms with Gasteiger partial charge in [-0.15, -0.1) is 0 Å². The number of hydrogen-bond donors (Lipinski definition) is 2. The van der Waals surface area contributed by atoms with E-state index in [0.29, 0.717) is 13.0 Å². The van der Waals surface area contributed by atoms with Gasteiger partial charge in [0.2, 0.25) is 5.91 Å². The van der Waals surface area contributed by atoms with Crippen LogP contribution in [0.2, 0.25) is 0 Å². The third-order valence-electron chi connectivity index (χ3n) is 2.81. The Morgan fingerprint density at radius 1 is 1.25 bits per heavy atom. The molecule has 2 rings (SSSR count). The van der Waals surface area contributed by atoms with Crippen molar-refractivity contribution in [3.63, 3.8) is 0 Å². The van der Waals surface area contributed by atoms with Gasteiger partial charge in [-0.05, 0) is 25.0 Å². The first-order valence-corrected chi connectivity index (χ1v) is 5.25. The van der Waals surface area contributed by atoms with Crippen LogP contribution in [0, 0.1) is 5.82 Å². The standard InChI is InChI=1S/C11H14FN3O/c12-10-8(5-4-7(13)11(10)14)15-6-2-1-3-9(15)16/h4-5H,1-3,6,13-14H2. The highest BCUT2D eigenvalue weighted by atomic mass is 19.1. The van der Waals surface area contributed by atoms with E-state index >= 15 is 0 Å². The molecule has 0 radical (unpaired) electrons. The number of rotatable bonds is 1. The van der Waals surface area contributed by atoms with Crippen LogP contribution in [0.3, 0.4) is 0 Å². The highest BCUT2D eigenvalue weighted by Gasteiger charge is 2.23. The zero-order valence-corrected chi connectivity index (χ0v) is 8.87. The average Bonchev–Trinajstić information content (AvgIpc) is 2.28. The highest BCUT2D eigenvalue weighted by Crippen LogP contribution is 2.30. The van der Waals surface area contributed by atoms with Crippen molar-refractivity contribution in [3.8, 4) is 0 Å². The van der Waals surface area contributed by atoms with Crippen molar-refractivity contribution in [1.82, 2.24) is 0 Å². The molecule has 4 nitrogen and oxygen atoms in total. The molecule has 1 aliphatic heterocycles. The second-order valence-corrected chi connectivity index (χ2v) is 3.90. The molecule has 1 aromatic carbocycles. The van der Waals surface area contributed by atoms with Crippen LogP contribution in [-0.4, -0.2) is 12.5 Å². The Bertz CT molecular complexity index is 433. The van der Waals surface area contributed by atoms with Crippen LogP contribution in [-0.2, 0) is 4.79 Å². The summed E-state index contributed by atoms with van der Waals surface area (Å²) in [5, 5.41) is 0. The largest absolute Gasteiger partial charge is 0.397 e. The van der Waals surface area contributed by atoms with E-state index in [-0.39, 0.29) is 23.0 Å². The zero-order valence-electron chi connectivity index (χ0n) is 8.87. The minimum Gasteiger partial charge on any atom is -0.397 e. The van der Waals surface area contributed by atoms with Gasteiger partial charge in [-0.1, -0.05) is 0 Å². The molecule has 0 aliphatic carbocycles. The molecule has 0 bridgehead atoms. The molecule has 1 fully saturated rings. The lowest BCUT2D eigenvalue weighted by Gasteiger charge is -2.27. The first-order chi connectivity index (χ1) is 7.61. The van der Waals surface area contributed by atoms with Gasteiger partial charge in [-0.3, -0.25) is 4.79 Å². The van der Waals surface area contributed by atoms with E-state index in [0.717, 1.165) is 12.8 Å². The third-order valence-corrected chi connectivity index (χ3v) is 2.81. The van der Waals surface area contributed by atoms with E-state index in [1.807, 2.05) is 0 Å². The lowest BCUT2D eigenvalue weighted by molar-refractivity contribution is -0.119. The van der Waals surface area contributed by atoms with E-state index in [4.69, 9.17) is 11.5 Å². The van der Waals surface area contributed by atoms with Gasteiger partial charge in [0.1, 0.15) is 0 Å². The Morgan fingerprint density at radius 2 is 2.00 bits per heavy atom.